The highest BCUT2D eigenvalue weighted by Crippen LogP contribution is 2.15. The molecule has 2 saturated heterocycles. The van der Waals surface area contributed by atoms with E-state index in [-0.39, 0.29) is 0 Å². The molecule has 0 saturated carbocycles. The zero-order chi connectivity index (χ0) is 11.4. The third-order valence-electron chi connectivity index (χ3n) is 3.84. The van der Waals surface area contributed by atoms with Gasteiger partial charge in [-0.2, -0.15) is 0 Å². The van der Waals surface area contributed by atoms with E-state index in [1.807, 2.05) is 0 Å². The van der Waals surface area contributed by atoms with E-state index in [0.29, 0.717) is 12.1 Å². The number of hydrogen-bond donors (Lipinski definition) is 1. The van der Waals surface area contributed by atoms with Crippen molar-refractivity contribution in [1.82, 2.24) is 9.80 Å². The number of rotatable bonds is 3. The van der Waals surface area contributed by atoms with Gasteiger partial charge in [0.25, 0.3) is 0 Å². The smallest absolute Gasteiger partial charge is 0.0702 e. The van der Waals surface area contributed by atoms with Gasteiger partial charge in [-0.25, -0.2) is 0 Å². The molecule has 94 valence electrons. The van der Waals surface area contributed by atoms with Crippen LogP contribution in [0, 0.1) is 0 Å². The molecule has 2 N–H and O–H groups in total. The van der Waals surface area contributed by atoms with E-state index in [1.54, 1.807) is 0 Å². The molecule has 2 aliphatic rings. The zero-order valence-corrected chi connectivity index (χ0v) is 10.4. The summed E-state index contributed by atoms with van der Waals surface area (Å²) in [5, 5.41) is 0. The number of likely N-dealkylation sites (N-methyl/N-ethyl adjacent to an activating group) is 1. The Balaban J connectivity index is 1.83. The topological polar surface area (TPSA) is 41.7 Å². The molecule has 4 nitrogen and oxygen atoms in total. The van der Waals surface area contributed by atoms with Crippen molar-refractivity contribution in [2.45, 2.75) is 31.4 Å². The second kappa shape index (κ2) is 5.96. The van der Waals surface area contributed by atoms with Crippen LogP contribution in [0.25, 0.3) is 0 Å². The van der Waals surface area contributed by atoms with Crippen LogP contribution >= 0.6 is 0 Å². The van der Waals surface area contributed by atoms with Gasteiger partial charge in [-0.1, -0.05) is 0 Å². The normalized spacial score (nSPS) is 34.1. The summed E-state index contributed by atoms with van der Waals surface area (Å²) in [6, 6.07) is 0.518. The molecule has 2 aliphatic heterocycles. The molecule has 16 heavy (non-hydrogen) atoms. The molecule has 0 aromatic heterocycles. The summed E-state index contributed by atoms with van der Waals surface area (Å²) in [6.07, 6.45) is 4.19. The van der Waals surface area contributed by atoms with Crippen molar-refractivity contribution in [3.63, 3.8) is 0 Å². The number of nitrogens with two attached hydrogens (primary N) is 1. The van der Waals surface area contributed by atoms with E-state index in [1.165, 1.54) is 32.4 Å². The standard InChI is InChI=1S/C12H25N3O/c1-14-5-3-6-15(9-11(14)8-13)10-12-4-2-7-16-12/h11-12H,2-10,13H2,1H3. The SMILES string of the molecule is CN1CCCN(CC2CCCO2)CC1CN. The summed E-state index contributed by atoms with van der Waals surface area (Å²) < 4.78 is 5.71. The van der Waals surface area contributed by atoms with E-state index >= 15 is 0 Å². The molecule has 0 aliphatic carbocycles. The summed E-state index contributed by atoms with van der Waals surface area (Å²) in [5.41, 5.74) is 5.83. The Bertz CT molecular complexity index is 206. The highest BCUT2D eigenvalue weighted by molar-refractivity contribution is 4.81. The monoisotopic (exact) mass is 227 g/mol. The number of nitrogens with zero attached hydrogens (tertiary/aromatic N) is 2. The highest BCUT2D eigenvalue weighted by atomic mass is 16.5. The quantitative estimate of drug-likeness (QED) is 0.744. The largest absolute Gasteiger partial charge is 0.377 e. The Morgan fingerprint density at radius 2 is 2.19 bits per heavy atom. The summed E-state index contributed by atoms with van der Waals surface area (Å²) in [4.78, 5) is 4.94. The maximum absolute atomic E-state index is 5.83. The molecule has 2 fully saturated rings. The van der Waals surface area contributed by atoms with Crippen LogP contribution in [-0.2, 0) is 4.74 Å². The van der Waals surface area contributed by atoms with Gasteiger partial charge < -0.3 is 15.4 Å². The van der Waals surface area contributed by atoms with Crippen molar-refractivity contribution in [3.05, 3.63) is 0 Å². The Morgan fingerprint density at radius 3 is 2.88 bits per heavy atom. The van der Waals surface area contributed by atoms with Crippen LogP contribution in [0.2, 0.25) is 0 Å². The second-order valence-electron chi connectivity index (χ2n) is 5.12. The molecule has 0 spiro atoms. The lowest BCUT2D eigenvalue weighted by Crippen LogP contribution is -2.45. The average molecular weight is 227 g/mol. The van der Waals surface area contributed by atoms with Crippen LogP contribution in [0.15, 0.2) is 0 Å². The predicted molar refractivity (Wildman–Crippen MR) is 65.5 cm³/mol. The first-order valence-electron chi connectivity index (χ1n) is 6.54. The minimum Gasteiger partial charge on any atom is -0.377 e. The third-order valence-corrected chi connectivity index (χ3v) is 3.84. The Morgan fingerprint density at radius 1 is 1.31 bits per heavy atom. The van der Waals surface area contributed by atoms with Gasteiger partial charge in [-0.15, -0.1) is 0 Å². The fraction of sp³-hybridized carbons (Fsp3) is 1.00. The molecule has 0 amide bonds. The van der Waals surface area contributed by atoms with Crippen LogP contribution < -0.4 is 5.73 Å². The second-order valence-corrected chi connectivity index (χ2v) is 5.12. The average Bonchev–Trinajstić information content (AvgIpc) is 2.71. The van der Waals surface area contributed by atoms with Crippen LogP contribution in [0.3, 0.4) is 0 Å². The van der Waals surface area contributed by atoms with Crippen molar-refractivity contribution in [3.8, 4) is 0 Å². The minimum absolute atomic E-state index is 0.474. The maximum Gasteiger partial charge on any atom is 0.0702 e. The molecule has 0 bridgehead atoms. The van der Waals surface area contributed by atoms with Gasteiger partial charge in [0.15, 0.2) is 0 Å². The highest BCUT2D eigenvalue weighted by Gasteiger charge is 2.24. The Hall–Kier alpha value is -0.160. The van der Waals surface area contributed by atoms with Gasteiger partial charge >= 0.3 is 0 Å². The van der Waals surface area contributed by atoms with Gasteiger partial charge in [0.05, 0.1) is 6.10 Å². The fourth-order valence-electron chi connectivity index (χ4n) is 2.75. The van der Waals surface area contributed by atoms with E-state index < -0.39 is 0 Å². The van der Waals surface area contributed by atoms with Crippen molar-refractivity contribution >= 4 is 0 Å². The molecule has 4 heteroatoms. The molecule has 0 radical (unpaired) electrons. The van der Waals surface area contributed by atoms with Gasteiger partial charge in [0.2, 0.25) is 0 Å². The van der Waals surface area contributed by atoms with Crippen molar-refractivity contribution in [1.29, 1.82) is 0 Å². The molecule has 2 atom stereocenters. The number of hydrogen-bond acceptors (Lipinski definition) is 4. The lowest BCUT2D eigenvalue weighted by molar-refractivity contribution is 0.0702. The minimum atomic E-state index is 0.474. The molecule has 0 aromatic rings. The third kappa shape index (κ3) is 3.17. The first kappa shape index (κ1) is 12.3. The molecular weight excluding hydrogens is 202 g/mol. The van der Waals surface area contributed by atoms with E-state index in [2.05, 4.69) is 16.8 Å². The fourth-order valence-corrected chi connectivity index (χ4v) is 2.75. The summed E-state index contributed by atoms with van der Waals surface area (Å²) in [7, 11) is 2.19. The lowest BCUT2D eigenvalue weighted by Gasteiger charge is -2.29. The summed E-state index contributed by atoms with van der Waals surface area (Å²) in [5.74, 6) is 0. The maximum atomic E-state index is 5.83. The van der Waals surface area contributed by atoms with Crippen LogP contribution in [-0.4, -0.2) is 68.3 Å². The molecule has 2 unspecified atom stereocenters. The van der Waals surface area contributed by atoms with Crippen LogP contribution in [0.4, 0.5) is 0 Å². The van der Waals surface area contributed by atoms with Crippen LogP contribution in [0.1, 0.15) is 19.3 Å². The van der Waals surface area contributed by atoms with Crippen LogP contribution in [0.5, 0.6) is 0 Å². The van der Waals surface area contributed by atoms with Crippen molar-refractivity contribution in [2.24, 2.45) is 5.73 Å². The summed E-state index contributed by atoms with van der Waals surface area (Å²) >= 11 is 0. The lowest BCUT2D eigenvalue weighted by atomic mass is 10.2. The van der Waals surface area contributed by atoms with Gasteiger partial charge in [0, 0.05) is 32.3 Å². The van der Waals surface area contributed by atoms with Gasteiger partial charge in [0.1, 0.15) is 0 Å². The Kier molecular flexibility index (Phi) is 4.58. The predicted octanol–water partition coefficient (Wildman–Crippen LogP) is 0.130. The molecule has 0 aromatic carbocycles. The zero-order valence-electron chi connectivity index (χ0n) is 10.4. The molecule has 2 heterocycles. The van der Waals surface area contributed by atoms with Crippen molar-refractivity contribution in [2.75, 3.05) is 46.4 Å². The Labute approximate surface area is 98.7 Å². The van der Waals surface area contributed by atoms with Gasteiger partial charge in [-0.3, -0.25) is 4.90 Å². The first-order chi connectivity index (χ1) is 7.79. The van der Waals surface area contributed by atoms with E-state index in [9.17, 15) is 0 Å². The number of ether oxygens (including phenoxy) is 1. The molecule has 2 rings (SSSR count). The van der Waals surface area contributed by atoms with E-state index in [4.69, 9.17) is 10.5 Å². The molecular formula is C12H25N3O. The van der Waals surface area contributed by atoms with E-state index in [0.717, 1.165) is 26.2 Å². The van der Waals surface area contributed by atoms with Crippen molar-refractivity contribution < 1.29 is 4.74 Å². The van der Waals surface area contributed by atoms with Gasteiger partial charge in [-0.05, 0) is 39.4 Å². The first-order valence-corrected chi connectivity index (χ1v) is 6.54. The summed E-state index contributed by atoms with van der Waals surface area (Å²) in [6.45, 7) is 6.29.